The number of carbonyl (C=O) groups is 2. The van der Waals surface area contributed by atoms with Crippen LogP contribution < -0.4 is 10.6 Å². The molecule has 1 aromatic heterocycles. The molecule has 2 aromatic rings. The number of aromatic nitrogens is 1. The summed E-state index contributed by atoms with van der Waals surface area (Å²) in [5.41, 5.74) is 0.166. The van der Waals surface area contributed by atoms with Crippen LogP contribution in [0.5, 0.6) is 0 Å². The van der Waals surface area contributed by atoms with E-state index in [1.165, 1.54) is 42.6 Å². The summed E-state index contributed by atoms with van der Waals surface area (Å²) in [7, 11) is -4.01. The highest BCUT2D eigenvalue weighted by atomic mass is 32.2. The van der Waals surface area contributed by atoms with E-state index in [9.17, 15) is 31.2 Å². The second kappa shape index (κ2) is 7.46. The fraction of sp³-hybridized carbons (Fsp3) is 0.105. The minimum absolute atomic E-state index is 0.0182. The van der Waals surface area contributed by atoms with Crippen LogP contribution in [0.3, 0.4) is 0 Å². The van der Waals surface area contributed by atoms with Crippen LogP contribution in [-0.4, -0.2) is 25.1 Å². The summed E-state index contributed by atoms with van der Waals surface area (Å²) in [4.78, 5) is 27.7. The Hall–Kier alpha value is -3.25. The van der Waals surface area contributed by atoms with Gasteiger partial charge in [0.15, 0.2) is 10.8 Å². The number of alkyl halides is 3. The van der Waals surface area contributed by atoms with E-state index < -0.39 is 32.7 Å². The van der Waals surface area contributed by atoms with E-state index in [0.717, 1.165) is 6.20 Å². The van der Waals surface area contributed by atoms with E-state index in [1.807, 2.05) is 0 Å². The largest absolute Gasteiger partial charge is 0.443 e. The van der Waals surface area contributed by atoms with Crippen molar-refractivity contribution in [3.8, 4) is 0 Å². The zero-order valence-electron chi connectivity index (χ0n) is 15.4. The molecule has 0 atom stereocenters. The Bertz CT molecular complexity index is 1300. The number of thiazole rings is 1. The first-order chi connectivity index (χ1) is 14.6. The Kier molecular flexibility index (Phi) is 5.06. The number of fused-ring (bicyclic) bond motifs is 2. The fourth-order valence-corrected chi connectivity index (χ4v) is 5.29. The van der Waals surface area contributed by atoms with Crippen molar-refractivity contribution in [1.29, 1.82) is 0 Å². The van der Waals surface area contributed by atoms with Crippen LogP contribution in [0.25, 0.3) is 0 Å². The average molecular weight is 467 g/mol. The van der Waals surface area contributed by atoms with Gasteiger partial charge in [0.2, 0.25) is 9.84 Å². The molecule has 1 amide bonds. The first-order valence-corrected chi connectivity index (χ1v) is 11.0. The maximum atomic E-state index is 12.9. The molecule has 1 aromatic carbocycles. The maximum Gasteiger partial charge on any atom is 0.443 e. The Balaban J connectivity index is 1.57. The van der Waals surface area contributed by atoms with Gasteiger partial charge in [-0.05, 0) is 30.4 Å². The third kappa shape index (κ3) is 3.91. The molecule has 0 bridgehead atoms. The van der Waals surface area contributed by atoms with Crippen LogP contribution in [0, 0.1) is 0 Å². The Labute approximate surface area is 177 Å². The quantitative estimate of drug-likeness (QED) is 0.719. The first-order valence-electron chi connectivity index (χ1n) is 8.66. The zero-order valence-corrected chi connectivity index (χ0v) is 17.0. The predicted molar refractivity (Wildman–Crippen MR) is 106 cm³/mol. The number of carbonyl (C=O) groups excluding carboxylic acids is 2. The van der Waals surface area contributed by atoms with Gasteiger partial charge in [-0.1, -0.05) is 6.08 Å². The van der Waals surface area contributed by atoms with Gasteiger partial charge in [0.25, 0.3) is 5.91 Å². The molecule has 160 valence electrons. The summed E-state index contributed by atoms with van der Waals surface area (Å²) in [5, 5.41) is 4.22. The molecule has 4 rings (SSSR count). The molecule has 12 heteroatoms. The van der Waals surface area contributed by atoms with Crippen molar-refractivity contribution in [2.75, 3.05) is 5.32 Å². The number of sulfone groups is 1. The highest BCUT2D eigenvalue weighted by Gasteiger charge is 2.35. The number of allylic oxidation sites excluding steroid dienone is 4. The minimum Gasteiger partial charge on any atom is -0.360 e. The highest BCUT2D eigenvalue weighted by Crippen LogP contribution is 2.36. The van der Waals surface area contributed by atoms with Crippen LogP contribution >= 0.6 is 11.3 Å². The van der Waals surface area contributed by atoms with Crippen LogP contribution in [-0.2, 0) is 27.4 Å². The second-order valence-corrected chi connectivity index (χ2v) is 9.48. The van der Waals surface area contributed by atoms with Crippen LogP contribution in [0.15, 0.2) is 64.2 Å². The van der Waals surface area contributed by atoms with Gasteiger partial charge in [0.05, 0.1) is 27.6 Å². The molecular weight excluding hydrogens is 455 g/mol. The fourth-order valence-electron chi connectivity index (χ4n) is 2.98. The molecule has 2 heterocycles. The number of ketones is 1. The molecule has 0 fully saturated rings. The van der Waals surface area contributed by atoms with Crippen molar-refractivity contribution in [3.05, 3.63) is 74.8 Å². The lowest BCUT2D eigenvalue weighted by atomic mass is 10.1. The molecule has 0 unspecified atom stereocenters. The van der Waals surface area contributed by atoms with Crippen molar-refractivity contribution in [2.45, 2.75) is 17.6 Å². The van der Waals surface area contributed by atoms with Gasteiger partial charge in [-0.2, -0.15) is 13.2 Å². The number of halogens is 3. The summed E-state index contributed by atoms with van der Waals surface area (Å²) < 4.78 is 63.8. The standard InChI is InChI=1S/C19H12F3N3O4S2/c20-19(21,22)18-25-8-11(30-18)7-24-17(27)10-4-5-16-13(6-10)23-9-12-14(26)2-1-3-15(12)31(16,28)29/h1-6,8-9,23H,7H2,(H,24,27). The van der Waals surface area contributed by atoms with Gasteiger partial charge in [0.1, 0.15) is 0 Å². The van der Waals surface area contributed by atoms with Gasteiger partial charge in [0, 0.05) is 22.8 Å². The number of amides is 1. The summed E-state index contributed by atoms with van der Waals surface area (Å²) >= 11 is 0.420. The normalized spacial score (nSPS) is 16.9. The lowest BCUT2D eigenvalue weighted by Crippen LogP contribution is -2.22. The lowest BCUT2D eigenvalue weighted by Gasteiger charge is -2.12. The molecule has 0 radical (unpaired) electrons. The molecule has 2 N–H and O–H groups in total. The number of nitrogens with zero attached hydrogens (tertiary/aromatic N) is 1. The van der Waals surface area contributed by atoms with Crippen molar-refractivity contribution in [3.63, 3.8) is 0 Å². The first kappa shape index (κ1) is 21.0. The number of anilines is 1. The topological polar surface area (TPSA) is 105 Å². The monoisotopic (exact) mass is 467 g/mol. The predicted octanol–water partition coefficient (Wildman–Crippen LogP) is 3.20. The Morgan fingerprint density at radius 2 is 2.03 bits per heavy atom. The van der Waals surface area contributed by atoms with Crippen molar-refractivity contribution in [1.82, 2.24) is 10.3 Å². The lowest BCUT2D eigenvalue weighted by molar-refractivity contribution is -0.137. The second-order valence-electron chi connectivity index (χ2n) is 6.48. The third-order valence-corrected chi connectivity index (χ3v) is 7.35. The van der Waals surface area contributed by atoms with E-state index in [2.05, 4.69) is 15.6 Å². The van der Waals surface area contributed by atoms with Gasteiger partial charge >= 0.3 is 6.18 Å². The molecule has 0 spiro atoms. The number of hydrogen-bond acceptors (Lipinski definition) is 7. The molecule has 2 aliphatic rings. The molecule has 1 aliphatic heterocycles. The van der Waals surface area contributed by atoms with Crippen molar-refractivity contribution >= 4 is 38.6 Å². The average Bonchev–Trinajstić information content (AvgIpc) is 3.16. The summed E-state index contributed by atoms with van der Waals surface area (Å²) in [5.74, 6) is -1.09. The smallest absolute Gasteiger partial charge is 0.360 e. The van der Waals surface area contributed by atoms with E-state index in [1.54, 1.807) is 0 Å². The molecule has 0 saturated carbocycles. The van der Waals surface area contributed by atoms with Crippen LogP contribution in [0.1, 0.15) is 20.2 Å². The van der Waals surface area contributed by atoms with Crippen LogP contribution in [0.4, 0.5) is 18.9 Å². The minimum atomic E-state index is -4.56. The molecular formula is C19H12F3N3O4S2. The number of benzene rings is 1. The SMILES string of the molecule is O=C1C=CC=C2C1=CNc1cc(C(=O)NCc3cnc(C(F)(F)F)s3)ccc1S2(=O)=O. The van der Waals surface area contributed by atoms with E-state index in [4.69, 9.17) is 0 Å². The van der Waals surface area contributed by atoms with Gasteiger partial charge in [-0.15, -0.1) is 11.3 Å². The molecule has 7 nitrogen and oxygen atoms in total. The third-order valence-electron chi connectivity index (χ3n) is 4.44. The molecule has 0 saturated heterocycles. The Morgan fingerprint density at radius 1 is 1.26 bits per heavy atom. The number of rotatable bonds is 3. The zero-order chi connectivity index (χ0) is 22.4. The summed E-state index contributed by atoms with van der Waals surface area (Å²) in [6.07, 6.45) is 1.65. The van der Waals surface area contributed by atoms with Gasteiger partial charge in [-0.25, -0.2) is 13.4 Å². The van der Waals surface area contributed by atoms with E-state index >= 15 is 0 Å². The summed E-state index contributed by atoms with van der Waals surface area (Å²) in [6.45, 7) is -0.174. The van der Waals surface area contributed by atoms with Crippen LogP contribution in [0.2, 0.25) is 0 Å². The van der Waals surface area contributed by atoms with Crippen molar-refractivity contribution in [2.24, 2.45) is 0 Å². The molecule has 31 heavy (non-hydrogen) atoms. The highest BCUT2D eigenvalue weighted by molar-refractivity contribution is 7.95. The van der Waals surface area contributed by atoms with Gasteiger partial charge < -0.3 is 10.6 Å². The van der Waals surface area contributed by atoms with Gasteiger partial charge in [-0.3, -0.25) is 9.59 Å². The number of nitrogens with one attached hydrogen (secondary N) is 2. The van der Waals surface area contributed by atoms with E-state index in [0.29, 0.717) is 11.3 Å². The summed E-state index contributed by atoms with van der Waals surface area (Å²) in [6, 6.07) is 3.82. The van der Waals surface area contributed by atoms with E-state index in [-0.39, 0.29) is 38.0 Å². The molecule has 1 aliphatic carbocycles. The number of hydrogen-bond donors (Lipinski definition) is 2. The van der Waals surface area contributed by atoms with Crippen molar-refractivity contribution < 1.29 is 31.2 Å². The maximum absolute atomic E-state index is 12.9. The Morgan fingerprint density at radius 3 is 2.74 bits per heavy atom.